The molecule has 1 aliphatic heterocycles. The number of esters is 1. The van der Waals surface area contributed by atoms with Crippen LogP contribution in [0.2, 0.25) is 0 Å². The van der Waals surface area contributed by atoms with E-state index in [0.29, 0.717) is 13.0 Å². The minimum absolute atomic E-state index is 0.221. The Morgan fingerprint density at radius 2 is 2.50 bits per heavy atom. The first-order valence-electron chi connectivity index (χ1n) is 4.23. The van der Waals surface area contributed by atoms with Crippen molar-refractivity contribution in [1.29, 1.82) is 0 Å². The first-order chi connectivity index (χ1) is 5.66. The molecule has 0 aliphatic carbocycles. The molecular formula is C8H16N2O2. The van der Waals surface area contributed by atoms with Gasteiger partial charge in [0.2, 0.25) is 0 Å². The number of hydrogen-bond donors (Lipinski definition) is 2. The van der Waals surface area contributed by atoms with Gasteiger partial charge < -0.3 is 15.8 Å². The minimum atomic E-state index is -0.384. The van der Waals surface area contributed by atoms with E-state index < -0.39 is 0 Å². The van der Waals surface area contributed by atoms with Gasteiger partial charge in [0.05, 0.1) is 13.5 Å². The molecule has 0 bridgehead atoms. The predicted octanol–water partition coefficient (Wildman–Crippen LogP) is -0.370. The van der Waals surface area contributed by atoms with Gasteiger partial charge in [-0.25, -0.2) is 0 Å². The first-order valence-corrected chi connectivity index (χ1v) is 4.23. The molecule has 1 unspecified atom stereocenters. The normalized spacial score (nSPS) is 29.8. The lowest BCUT2D eigenvalue weighted by Crippen LogP contribution is -2.53. The van der Waals surface area contributed by atoms with Gasteiger partial charge in [-0.05, 0) is 19.4 Å². The van der Waals surface area contributed by atoms with Crippen LogP contribution in [0.3, 0.4) is 0 Å². The van der Waals surface area contributed by atoms with E-state index in [0.717, 1.165) is 19.4 Å². The van der Waals surface area contributed by atoms with Crippen LogP contribution in [0.5, 0.6) is 0 Å². The van der Waals surface area contributed by atoms with Gasteiger partial charge in [0.1, 0.15) is 0 Å². The molecule has 0 spiro atoms. The molecule has 0 radical (unpaired) electrons. The summed E-state index contributed by atoms with van der Waals surface area (Å²) < 4.78 is 4.57. The van der Waals surface area contributed by atoms with Crippen LogP contribution < -0.4 is 11.1 Å². The monoisotopic (exact) mass is 172 g/mol. The van der Waals surface area contributed by atoms with Gasteiger partial charge in [-0.15, -0.1) is 0 Å². The number of piperidine rings is 1. The van der Waals surface area contributed by atoms with E-state index in [1.165, 1.54) is 7.11 Å². The highest BCUT2D eigenvalue weighted by molar-refractivity contribution is 5.70. The first kappa shape index (κ1) is 9.48. The second kappa shape index (κ2) is 3.87. The smallest absolute Gasteiger partial charge is 0.307 e. The fraction of sp³-hybridized carbons (Fsp3) is 0.875. The number of carbonyl (C=O) groups excluding carboxylic acids is 1. The fourth-order valence-electron chi connectivity index (χ4n) is 1.50. The molecule has 1 aliphatic rings. The number of ether oxygens (including phenoxy) is 1. The summed E-state index contributed by atoms with van der Waals surface area (Å²) in [4.78, 5) is 11.0. The highest BCUT2D eigenvalue weighted by atomic mass is 16.5. The average molecular weight is 172 g/mol. The van der Waals surface area contributed by atoms with Crippen LogP contribution in [0.4, 0.5) is 0 Å². The molecular weight excluding hydrogens is 156 g/mol. The Balaban J connectivity index is 2.41. The van der Waals surface area contributed by atoms with Gasteiger partial charge in [0, 0.05) is 12.1 Å². The minimum Gasteiger partial charge on any atom is -0.469 e. The van der Waals surface area contributed by atoms with Crippen LogP contribution in [0, 0.1) is 0 Å². The summed E-state index contributed by atoms with van der Waals surface area (Å²) in [6.45, 7) is 1.71. The fourth-order valence-corrected chi connectivity index (χ4v) is 1.50. The topological polar surface area (TPSA) is 64.3 Å². The zero-order valence-electron chi connectivity index (χ0n) is 7.43. The molecule has 4 nitrogen and oxygen atoms in total. The standard InChI is InChI=1S/C8H16N2O2/c1-12-7(11)5-8(9)3-2-4-10-6-8/h10H,2-6,9H2,1H3. The van der Waals surface area contributed by atoms with E-state index in [1.54, 1.807) is 0 Å². The second-order valence-electron chi connectivity index (χ2n) is 3.40. The second-order valence-corrected chi connectivity index (χ2v) is 3.40. The van der Waals surface area contributed by atoms with E-state index >= 15 is 0 Å². The van der Waals surface area contributed by atoms with E-state index in [9.17, 15) is 4.79 Å². The number of rotatable bonds is 2. The highest BCUT2D eigenvalue weighted by Crippen LogP contribution is 2.17. The van der Waals surface area contributed by atoms with Crippen molar-refractivity contribution in [2.45, 2.75) is 24.8 Å². The van der Waals surface area contributed by atoms with Crippen LogP contribution in [0.15, 0.2) is 0 Å². The summed E-state index contributed by atoms with van der Waals surface area (Å²) in [5.41, 5.74) is 5.59. The van der Waals surface area contributed by atoms with Crippen LogP contribution >= 0.6 is 0 Å². The molecule has 4 heteroatoms. The third-order valence-corrected chi connectivity index (χ3v) is 2.23. The summed E-state index contributed by atoms with van der Waals surface area (Å²) >= 11 is 0. The van der Waals surface area contributed by atoms with Crippen molar-refractivity contribution in [3.8, 4) is 0 Å². The number of hydrogen-bond acceptors (Lipinski definition) is 4. The van der Waals surface area contributed by atoms with E-state index in [4.69, 9.17) is 5.73 Å². The largest absolute Gasteiger partial charge is 0.469 e. The molecule has 0 saturated carbocycles. The summed E-state index contributed by atoms with van der Waals surface area (Å²) in [5, 5.41) is 3.17. The maximum absolute atomic E-state index is 11.0. The highest BCUT2D eigenvalue weighted by Gasteiger charge is 2.30. The van der Waals surface area contributed by atoms with Crippen molar-refractivity contribution in [2.24, 2.45) is 5.73 Å². The zero-order valence-corrected chi connectivity index (χ0v) is 7.43. The van der Waals surface area contributed by atoms with Crippen molar-refractivity contribution in [3.05, 3.63) is 0 Å². The Morgan fingerprint density at radius 3 is 3.00 bits per heavy atom. The Morgan fingerprint density at radius 1 is 1.75 bits per heavy atom. The van der Waals surface area contributed by atoms with Gasteiger partial charge in [0.25, 0.3) is 0 Å². The van der Waals surface area contributed by atoms with Crippen molar-refractivity contribution in [2.75, 3.05) is 20.2 Å². The molecule has 0 amide bonds. The van der Waals surface area contributed by atoms with Gasteiger partial charge in [-0.1, -0.05) is 0 Å². The molecule has 12 heavy (non-hydrogen) atoms. The number of nitrogens with one attached hydrogen (secondary N) is 1. The number of methoxy groups -OCH3 is 1. The lowest BCUT2D eigenvalue weighted by Gasteiger charge is -2.32. The molecule has 0 aromatic carbocycles. The maximum atomic E-state index is 11.0. The average Bonchev–Trinajstić information content (AvgIpc) is 2.05. The molecule has 3 N–H and O–H groups in total. The van der Waals surface area contributed by atoms with E-state index in [2.05, 4.69) is 10.1 Å². The van der Waals surface area contributed by atoms with E-state index in [1.807, 2.05) is 0 Å². The lowest BCUT2D eigenvalue weighted by molar-refractivity contribution is -0.142. The number of carbonyl (C=O) groups is 1. The Kier molecular flexibility index (Phi) is 3.05. The van der Waals surface area contributed by atoms with Crippen molar-refractivity contribution >= 4 is 5.97 Å². The molecule has 1 saturated heterocycles. The van der Waals surface area contributed by atoms with E-state index in [-0.39, 0.29) is 11.5 Å². The Bertz CT molecular complexity index is 164. The number of nitrogens with two attached hydrogens (primary N) is 1. The molecule has 1 fully saturated rings. The summed E-state index contributed by atoms with van der Waals surface area (Å²) in [5.74, 6) is -0.221. The third kappa shape index (κ3) is 2.46. The molecule has 1 atom stereocenters. The van der Waals surface area contributed by atoms with Crippen LogP contribution in [0.25, 0.3) is 0 Å². The molecule has 1 heterocycles. The summed E-state index contributed by atoms with van der Waals surface area (Å²) in [6, 6.07) is 0. The third-order valence-electron chi connectivity index (χ3n) is 2.23. The van der Waals surface area contributed by atoms with Crippen molar-refractivity contribution < 1.29 is 9.53 Å². The Labute approximate surface area is 72.5 Å². The maximum Gasteiger partial charge on any atom is 0.307 e. The summed E-state index contributed by atoms with van der Waals surface area (Å²) in [7, 11) is 1.39. The van der Waals surface area contributed by atoms with Crippen LogP contribution in [0.1, 0.15) is 19.3 Å². The molecule has 1 rings (SSSR count). The predicted molar refractivity (Wildman–Crippen MR) is 45.7 cm³/mol. The molecule has 0 aromatic heterocycles. The summed E-state index contributed by atoms with van der Waals surface area (Å²) in [6.07, 6.45) is 2.25. The quantitative estimate of drug-likeness (QED) is 0.558. The van der Waals surface area contributed by atoms with Gasteiger partial charge in [-0.3, -0.25) is 4.79 Å². The van der Waals surface area contributed by atoms with Gasteiger partial charge >= 0.3 is 5.97 Å². The van der Waals surface area contributed by atoms with Crippen LogP contribution in [-0.4, -0.2) is 31.7 Å². The lowest BCUT2D eigenvalue weighted by atomic mass is 9.88. The van der Waals surface area contributed by atoms with Crippen LogP contribution in [-0.2, 0) is 9.53 Å². The van der Waals surface area contributed by atoms with Crippen molar-refractivity contribution in [1.82, 2.24) is 5.32 Å². The zero-order chi connectivity index (χ0) is 9.03. The molecule has 70 valence electrons. The van der Waals surface area contributed by atoms with Gasteiger partial charge in [0.15, 0.2) is 0 Å². The Hall–Kier alpha value is -0.610. The molecule has 0 aromatic rings. The SMILES string of the molecule is COC(=O)CC1(N)CCCNC1. The van der Waals surface area contributed by atoms with Crippen molar-refractivity contribution in [3.63, 3.8) is 0 Å². The van der Waals surface area contributed by atoms with Gasteiger partial charge in [-0.2, -0.15) is 0 Å².